The fraction of sp³-hybridized carbons (Fsp3) is 0.105. The van der Waals surface area contributed by atoms with E-state index >= 15 is 0 Å². The Morgan fingerprint density at radius 3 is 2.70 bits per heavy atom. The van der Waals surface area contributed by atoms with Crippen LogP contribution in [0.3, 0.4) is 0 Å². The molecule has 0 fully saturated rings. The number of para-hydroxylation sites is 1. The van der Waals surface area contributed by atoms with Gasteiger partial charge >= 0.3 is 0 Å². The number of fused-ring (bicyclic) bond motifs is 2. The number of carbonyl (C=O) groups is 1. The first-order chi connectivity index (χ1) is 13.0. The number of aromatic amines is 2. The fourth-order valence-corrected chi connectivity index (χ4v) is 3.06. The first-order valence-electron chi connectivity index (χ1n) is 8.35. The maximum Gasteiger partial charge on any atom is 0.267 e. The third-order valence-electron chi connectivity index (χ3n) is 4.57. The van der Waals surface area contributed by atoms with Crippen molar-refractivity contribution >= 4 is 33.5 Å². The molecule has 0 aliphatic heterocycles. The van der Waals surface area contributed by atoms with Crippen molar-refractivity contribution in [2.24, 2.45) is 0 Å². The number of nitrogens with zero attached hydrogens (tertiary/aromatic N) is 2. The molecule has 8 nitrogen and oxygen atoms in total. The van der Waals surface area contributed by atoms with E-state index < -0.39 is 0 Å². The van der Waals surface area contributed by atoms with Crippen LogP contribution in [0.1, 0.15) is 10.4 Å². The summed E-state index contributed by atoms with van der Waals surface area (Å²) in [4.78, 5) is 35.3. The van der Waals surface area contributed by atoms with Crippen molar-refractivity contribution in [2.75, 3.05) is 19.8 Å². The van der Waals surface area contributed by atoms with Gasteiger partial charge in [-0.3, -0.25) is 14.6 Å². The molecule has 1 amide bonds. The third kappa shape index (κ3) is 2.72. The van der Waals surface area contributed by atoms with E-state index in [4.69, 9.17) is 5.73 Å². The molecular formula is C19H18N6O2. The monoisotopic (exact) mass is 362 g/mol. The topological polar surface area (TPSA) is 120 Å². The molecule has 0 unspecified atom stereocenters. The molecule has 0 saturated heterocycles. The van der Waals surface area contributed by atoms with E-state index in [0.29, 0.717) is 33.6 Å². The van der Waals surface area contributed by atoms with Crippen molar-refractivity contribution in [2.45, 2.75) is 0 Å². The number of carbonyl (C=O) groups excluding carboxylic acids is 1. The molecule has 0 aliphatic carbocycles. The number of hydrogen-bond acceptors (Lipinski definition) is 5. The number of nitrogen functional groups attached to an aromatic ring is 1. The van der Waals surface area contributed by atoms with Crippen LogP contribution < -0.4 is 16.7 Å². The van der Waals surface area contributed by atoms with E-state index in [1.807, 2.05) is 18.2 Å². The highest BCUT2D eigenvalue weighted by Crippen LogP contribution is 2.28. The first-order valence-corrected chi connectivity index (χ1v) is 8.35. The van der Waals surface area contributed by atoms with Gasteiger partial charge in [0.15, 0.2) is 0 Å². The summed E-state index contributed by atoms with van der Waals surface area (Å²) in [5.74, 6) is 0.180. The van der Waals surface area contributed by atoms with E-state index in [1.54, 1.807) is 38.4 Å². The van der Waals surface area contributed by atoms with Gasteiger partial charge in [0, 0.05) is 25.0 Å². The Labute approximate surface area is 154 Å². The number of hydrogen-bond donors (Lipinski definition) is 4. The highest BCUT2D eigenvalue weighted by molar-refractivity contribution is 5.99. The Hall–Kier alpha value is -3.65. The second-order valence-corrected chi connectivity index (χ2v) is 6.19. The van der Waals surface area contributed by atoms with Crippen LogP contribution in [0, 0.1) is 0 Å². The molecule has 2 aromatic heterocycles. The average molecular weight is 362 g/mol. The van der Waals surface area contributed by atoms with Crippen LogP contribution in [0.5, 0.6) is 0 Å². The van der Waals surface area contributed by atoms with Gasteiger partial charge in [-0.1, -0.05) is 18.2 Å². The first kappa shape index (κ1) is 16.8. The summed E-state index contributed by atoms with van der Waals surface area (Å²) >= 11 is 0. The molecule has 0 saturated carbocycles. The van der Waals surface area contributed by atoms with Crippen LogP contribution in [0.25, 0.3) is 33.3 Å². The zero-order chi connectivity index (χ0) is 19.1. The minimum Gasteiger partial charge on any atom is -0.397 e. The number of aromatic nitrogens is 3. The van der Waals surface area contributed by atoms with Crippen LogP contribution in [-0.2, 0) is 0 Å². The van der Waals surface area contributed by atoms with Crippen molar-refractivity contribution in [1.29, 1.82) is 0 Å². The lowest BCUT2D eigenvalue weighted by molar-refractivity contribution is 0.0735. The van der Waals surface area contributed by atoms with Crippen LogP contribution in [0.4, 0.5) is 5.69 Å². The molecule has 0 bridgehead atoms. The van der Waals surface area contributed by atoms with Gasteiger partial charge in [-0.2, -0.15) is 0 Å². The van der Waals surface area contributed by atoms with Crippen LogP contribution in [-0.4, -0.2) is 40.0 Å². The molecule has 2 aromatic carbocycles. The van der Waals surface area contributed by atoms with Gasteiger partial charge in [0.05, 0.1) is 22.2 Å². The smallest absolute Gasteiger partial charge is 0.267 e. The van der Waals surface area contributed by atoms with Crippen LogP contribution in [0.2, 0.25) is 0 Å². The minimum atomic E-state index is -0.323. The number of rotatable bonds is 3. The maximum absolute atomic E-state index is 12.6. The predicted molar refractivity (Wildman–Crippen MR) is 105 cm³/mol. The van der Waals surface area contributed by atoms with E-state index in [0.717, 1.165) is 5.39 Å². The minimum absolute atomic E-state index is 0.182. The summed E-state index contributed by atoms with van der Waals surface area (Å²) in [5.41, 5.74) is 11.8. The van der Waals surface area contributed by atoms with E-state index in [1.165, 1.54) is 5.01 Å². The van der Waals surface area contributed by atoms with Crippen molar-refractivity contribution in [3.8, 4) is 11.4 Å². The Morgan fingerprint density at radius 1 is 1.15 bits per heavy atom. The summed E-state index contributed by atoms with van der Waals surface area (Å²) in [7, 11) is 3.31. The number of anilines is 1. The van der Waals surface area contributed by atoms with Crippen LogP contribution in [0.15, 0.2) is 47.3 Å². The second kappa shape index (κ2) is 6.26. The molecule has 0 radical (unpaired) electrons. The van der Waals surface area contributed by atoms with Gasteiger partial charge in [0.25, 0.3) is 11.5 Å². The Kier molecular flexibility index (Phi) is 3.89. The summed E-state index contributed by atoms with van der Waals surface area (Å²) in [6.45, 7) is 0. The lowest BCUT2D eigenvalue weighted by Crippen LogP contribution is -2.36. The molecule has 4 aromatic rings. The Morgan fingerprint density at radius 2 is 1.93 bits per heavy atom. The standard InChI is InChI=1S/C19H18N6O2/c1-21-25(2)19(27)10-7-8-13-14(9-10)23-17(22-13)15-16(20)11-5-3-4-6-12(11)24-18(15)26/h3-9,21H,1-2H3,(H,22,23)(H3,20,24,26). The van der Waals surface area contributed by atoms with Gasteiger partial charge < -0.3 is 15.7 Å². The van der Waals surface area contributed by atoms with Crippen molar-refractivity contribution < 1.29 is 4.79 Å². The van der Waals surface area contributed by atoms with Gasteiger partial charge in [0.1, 0.15) is 11.4 Å². The maximum atomic E-state index is 12.6. The molecule has 0 spiro atoms. The van der Waals surface area contributed by atoms with E-state index in [2.05, 4.69) is 20.4 Å². The van der Waals surface area contributed by atoms with Gasteiger partial charge in [-0.05, 0) is 24.3 Å². The molecule has 4 rings (SSSR count). The number of hydrazine groups is 1. The van der Waals surface area contributed by atoms with Gasteiger partial charge in [0.2, 0.25) is 0 Å². The SMILES string of the molecule is CNN(C)C(=O)c1ccc2nc(-c3c(N)c4ccccc4[nH]c3=O)[nH]c2c1. The zero-order valence-electron chi connectivity index (χ0n) is 14.8. The molecule has 5 N–H and O–H groups in total. The predicted octanol–water partition coefficient (Wildman–Crippen LogP) is 1.86. The van der Waals surface area contributed by atoms with Gasteiger partial charge in [-0.25, -0.2) is 10.4 Å². The van der Waals surface area contributed by atoms with Crippen molar-refractivity contribution in [3.63, 3.8) is 0 Å². The molecule has 136 valence electrons. The average Bonchev–Trinajstić information content (AvgIpc) is 3.09. The van der Waals surface area contributed by atoms with E-state index in [-0.39, 0.29) is 17.0 Å². The van der Waals surface area contributed by atoms with Crippen LogP contribution >= 0.6 is 0 Å². The van der Waals surface area contributed by atoms with Crippen molar-refractivity contribution in [1.82, 2.24) is 25.4 Å². The quantitative estimate of drug-likeness (QED) is 0.415. The van der Waals surface area contributed by atoms with E-state index in [9.17, 15) is 9.59 Å². The number of benzene rings is 2. The fourth-order valence-electron chi connectivity index (χ4n) is 3.06. The summed E-state index contributed by atoms with van der Waals surface area (Å²) < 4.78 is 0. The Bertz CT molecular complexity index is 1240. The number of nitrogens with one attached hydrogen (secondary N) is 3. The van der Waals surface area contributed by atoms with Crippen molar-refractivity contribution in [3.05, 3.63) is 58.4 Å². The molecule has 27 heavy (non-hydrogen) atoms. The third-order valence-corrected chi connectivity index (χ3v) is 4.57. The second-order valence-electron chi connectivity index (χ2n) is 6.19. The number of amides is 1. The number of H-pyrrole nitrogens is 2. The summed E-state index contributed by atoms with van der Waals surface area (Å²) in [6.07, 6.45) is 0. The number of pyridine rings is 1. The molecular weight excluding hydrogens is 344 g/mol. The largest absolute Gasteiger partial charge is 0.397 e. The van der Waals surface area contributed by atoms with Gasteiger partial charge in [-0.15, -0.1) is 0 Å². The molecule has 0 aliphatic rings. The summed E-state index contributed by atoms with van der Waals surface area (Å²) in [6, 6.07) is 12.5. The lowest BCUT2D eigenvalue weighted by atomic mass is 10.1. The lowest BCUT2D eigenvalue weighted by Gasteiger charge is -2.14. The molecule has 0 atom stereocenters. The zero-order valence-corrected chi connectivity index (χ0v) is 14.8. The highest BCUT2D eigenvalue weighted by Gasteiger charge is 2.17. The number of imidazole rings is 1. The highest BCUT2D eigenvalue weighted by atomic mass is 16.2. The Balaban J connectivity index is 1.87. The summed E-state index contributed by atoms with van der Waals surface area (Å²) in [5, 5.41) is 2.13. The number of nitrogens with two attached hydrogens (primary N) is 1. The molecule has 2 heterocycles. The normalized spacial score (nSPS) is 11.2. The molecule has 8 heteroatoms.